The van der Waals surface area contributed by atoms with Gasteiger partial charge in [0.15, 0.2) is 0 Å². The number of hydrogen-bond acceptors (Lipinski definition) is 3. The highest BCUT2D eigenvalue weighted by atomic mass is 16.5. The van der Waals surface area contributed by atoms with Gasteiger partial charge in [-0.05, 0) is 43.7 Å². The van der Waals surface area contributed by atoms with Gasteiger partial charge in [-0.3, -0.25) is 4.79 Å². The molecule has 1 aliphatic rings. The maximum atomic E-state index is 12.3. The molecule has 0 bridgehead atoms. The first-order valence-electron chi connectivity index (χ1n) is 9.34. The molecule has 2 atom stereocenters. The zero-order valence-corrected chi connectivity index (χ0v) is 15.5. The summed E-state index contributed by atoms with van der Waals surface area (Å²) in [5.41, 5.74) is 2.13. The van der Waals surface area contributed by atoms with Crippen LogP contribution in [0.1, 0.15) is 38.9 Å². The molecule has 1 N–H and O–H groups in total. The van der Waals surface area contributed by atoms with Crippen LogP contribution in [0.3, 0.4) is 0 Å². The second-order valence-corrected chi connectivity index (χ2v) is 7.40. The van der Waals surface area contributed by atoms with Crippen molar-refractivity contribution in [3.8, 4) is 0 Å². The van der Waals surface area contributed by atoms with Crippen molar-refractivity contribution in [2.75, 3.05) is 13.2 Å². The molecule has 0 saturated carbocycles. The van der Waals surface area contributed by atoms with E-state index in [1.807, 2.05) is 25.1 Å². The van der Waals surface area contributed by atoms with Gasteiger partial charge >= 0.3 is 0 Å². The van der Waals surface area contributed by atoms with Gasteiger partial charge in [-0.1, -0.05) is 26.0 Å². The third kappa shape index (κ3) is 4.40. The lowest BCUT2D eigenvalue weighted by Crippen LogP contribution is -2.34. The van der Waals surface area contributed by atoms with Gasteiger partial charge in [0.05, 0.1) is 17.1 Å². The number of nitrogens with one attached hydrogen (secondary N) is 1. The SMILES string of the molecule is Cc1nc2ccccc2n1CCNC(=O)C[C@H]1CCO[C@@H](C(C)C)C1. The van der Waals surface area contributed by atoms with Crippen molar-refractivity contribution in [1.82, 2.24) is 14.9 Å². The highest BCUT2D eigenvalue weighted by Crippen LogP contribution is 2.27. The molecule has 5 heteroatoms. The third-order valence-electron chi connectivity index (χ3n) is 5.14. The van der Waals surface area contributed by atoms with Gasteiger partial charge < -0.3 is 14.6 Å². The smallest absolute Gasteiger partial charge is 0.220 e. The number of aromatic nitrogens is 2. The zero-order chi connectivity index (χ0) is 17.8. The van der Waals surface area contributed by atoms with Crippen molar-refractivity contribution in [1.29, 1.82) is 0 Å². The van der Waals surface area contributed by atoms with E-state index in [4.69, 9.17) is 4.74 Å². The largest absolute Gasteiger partial charge is 0.378 e. The van der Waals surface area contributed by atoms with E-state index in [1.54, 1.807) is 0 Å². The Kier molecular flexibility index (Phi) is 5.74. The lowest BCUT2D eigenvalue weighted by molar-refractivity contribution is -0.123. The van der Waals surface area contributed by atoms with E-state index in [-0.39, 0.29) is 5.91 Å². The van der Waals surface area contributed by atoms with Crippen molar-refractivity contribution >= 4 is 16.9 Å². The van der Waals surface area contributed by atoms with E-state index in [1.165, 1.54) is 0 Å². The number of ether oxygens (including phenoxy) is 1. The summed E-state index contributed by atoms with van der Waals surface area (Å²) in [6.45, 7) is 8.55. The Hall–Kier alpha value is -1.88. The molecule has 1 amide bonds. The van der Waals surface area contributed by atoms with Crippen molar-refractivity contribution in [3.05, 3.63) is 30.1 Å². The summed E-state index contributed by atoms with van der Waals surface area (Å²) in [6, 6.07) is 8.12. The second-order valence-electron chi connectivity index (χ2n) is 7.40. The van der Waals surface area contributed by atoms with Crippen LogP contribution in [0.25, 0.3) is 11.0 Å². The average Bonchev–Trinajstić information content (AvgIpc) is 2.91. The summed E-state index contributed by atoms with van der Waals surface area (Å²) < 4.78 is 7.96. The molecule has 0 aliphatic carbocycles. The molecule has 1 saturated heterocycles. The summed E-state index contributed by atoms with van der Waals surface area (Å²) in [5.74, 6) is 2.09. The van der Waals surface area contributed by atoms with Gasteiger partial charge in [0, 0.05) is 26.1 Å². The number of imidazole rings is 1. The molecule has 2 aromatic rings. The summed E-state index contributed by atoms with van der Waals surface area (Å²) in [6.07, 6.45) is 2.89. The number of hydrogen-bond donors (Lipinski definition) is 1. The topological polar surface area (TPSA) is 56.2 Å². The summed E-state index contributed by atoms with van der Waals surface area (Å²) >= 11 is 0. The molecule has 1 aromatic carbocycles. The van der Waals surface area contributed by atoms with Crippen molar-refractivity contribution < 1.29 is 9.53 Å². The second kappa shape index (κ2) is 8.00. The molecule has 1 aromatic heterocycles. The van der Waals surface area contributed by atoms with Gasteiger partial charge in [-0.2, -0.15) is 0 Å². The average molecular weight is 343 g/mol. The summed E-state index contributed by atoms with van der Waals surface area (Å²) in [4.78, 5) is 16.9. The predicted molar refractivity (Wildman–Crippen MR) is 99.4 cm³/mol. The van der Waals surface area contributed by atoms with Crippen LogP contribution >= 0.6 is 0 Å². The minimum atomic E-state index is 0.150. The van der Waals surface area contributed by atoms with E-state index < -0.39 is 0 Å². The summed E-state index contributed by atoms with van der Waals surface area (Å²) in [5, 5.41) is 3.08. The van der Waals surface area contributed by atoms with E-state index in [9.17, 15) is 4.79 Å². The predicted octanol–water partition coefficient (Wildman–Crippen LogP) is 3.30. The standard InChI is InChI=1S/C20H29N3O2/c1-14(2)19-12-16(8-11-25-19)13-20(24)21-9-10-23-15(3)22-17-6-4-5-7-18(17)23/h4-7,14,16,19H,8-13H2,1-3H3,(H,21,24)/t16-,19+/m0/s1. The highest BCUT2D eigenvalue weighted by molar-refractivity contribution is 5.77. The lowest BCUT2D eigenvalue weighted by Gasteiger charge is -2.31. The lowest BCUT2D eigenvalue weighted by atomic mass is 9.88. The molecular weight excluding hydrogens is 314 g/mol. The highest BCUT2D eigenvalue weighted by Gasteiger charge is 2.26. The Labute approximate surface area is 149 Å². The normalized spacial score (nSPS) is 21.0. The number of para-hydroxylation sites is 2. The minimum Gasteiger partial charge on any atom is -0.378 e. The molecule has 0 unspecified atom stereocenters. The molecule has 5 nitrogen and oxygen atoms in total. The Morgan fingerprint density at radius 1 is 1.40 bits per heavy atom. The van der Waals surface area contributed by atoms with Crippen LogP contribution in [0.2, 0.25) is 0 Å². The number of rotatable bonds is 6. The molecule has 0 spiro atoms. The number of fused-ring (bicyclic) bond motifs is 1. The Morgan fingerprint density at radius 2 is 2.20 bits per heavy atom. The quantitative estimate of drug-likeness (QED) is 0.875. The molecule has 3 rings (SSSR count). The Morgan fingerprint density at radius 3 is 3.00 bits per heavy atom. The third-order valence-corrected chi connectivity index (χ3v) is 5.14. The number of carbonyl (C=O) groups excluding carboxylic acids is 1. The molecule has 0 radical (unpaired) electrons. The fraction of sp³-hybridized carbons (Fsp3) is 0.600. The van der Waals surface area contributed by atoms with Gasteiger partial charge in [0.25, 0.3) is 0 Å². The van der Waals surface area contributed by atoms with Crippen molar-refractivity contribution in [2.45, 2.75) is 52.7 Å². The van der Waals surface area contributed by atoms with E-state index in [0.29, 0.717) is 30.9 Å². The van der Waals surface area contributed by atoms with Crippen LogP contribution in [0, 0.1) is 18.8 Å². The first-order valence-corrected chi connectivity index (χ1v) is 9.34. The molecule has 1 fully saturated rings. The number of amides is 1. The van der Waals surface area contributed by atoms with Crippen LogP contribution in [0.4, 0.5) is 0 Å². The number of benzene rings is 1. The van der Waals surface area contributed by atoms with E-state index >= 15 is 0 Å². The van der Waals surface area contributed by atoms with E-state index in [2.05, 4.69) is 34.8 Å². The molecule has 2 heterocycles. The van der Waals surface area contributed by atoms with Crippen LogP contribution in [0.5, 0.6) is 0 Å². The number of aryl methyl sites for hydroxylation is 1. The Bertz CT molecular complexity index is 723. The maximum absolute atomic E-state index is 12.3. The fourth-order valence-electron chi connectivity index (χ4n) is 3.67. The maximum Gasteiger partial charge on any atom is 0.220 e. The monoisotopic (exact) mass is 343 g/mol. The zero-order valence-electron chi connectivity index (χ0n) is 15.5. The first kappa shape index (κ1) is 17.9. The van der Waals surface area contributed by atoms with Crippen molar-refractivity contribution in [3.63, 3.8) is 0 Å². The minimum absolute atomic E-state index is 0.150. The Balaban J connectivity index is 1.48. The van der Waals surface area contributed by atoms with E-state index in [0.717, 1.165) is 42.9 Å². The number of carbonyl (C=O) groups is 1. The van der Waals surface area contributed by atoms with Crippen LogP contribution in [-0.2, 0) is 16.1 Å². The molecule has 25 heavy (non-hydrogen) atoms. The van der Waals surface area contributed by atoms with Gasteiger partial charge in [-0.15, -0.1) is 0 Å². The first-order chi connectivity index (χ1) is 12.0. The molecule has 1 aliphatic heterocycles. The van der Waals surface area contributed by atoms with Gasteiger partial charge in [-0.25, -0.2) is 4.98 Å². The van der Waals surface area contributed by atoms with Gasteiger partial charge in [0.2, 0.25) is 5.91 Å². The molecular formula is C20H29N3O2. The molecule has 136 valence electrons. The fourth-order valence-corrected chi connectivity index (χ4v) is 3.67. The van der Waals surface area contributed by atoms with Crippen LogP contribution in [-0.4, -0.2) is 34.7 Å². The van der Waals surface area contributed by atoms with Crippen LogP contribution < -0.4 is 5.32 Å². The van der Waals surface area contributed by atoms with Crippen molar-refractivity contribution in [2.24, 2.45) is 11.8 Å². The summed E-state index contributed by atoms with van der Waals surface area (Å²) in [7, 11) is 0. The number of nitrogens with zero attached hydrogens (tertiary/aromatic N) is 2. The van der Waals surface area contributed by atoms with Crippen LogP contribution in [0.15, 0.2) is 24.3 Å². The van der Waals surface area contributed by atoms with Gasteiger partial charge in [0.1, 0.15) is 5.82 Å².